The van der Waals surface area contributed by atoms with E-state index in [1.165, 1.54) is 29.2 Å². The fraction of sp³-hybridized carbons (Fsp3) is 0.278. The van der Waals surface area contributed by atoms with Gasteiger partial charge in [-0.3, -0.25) is 13.9 Å². The average Bonchev–Trinajstić information content (AvgIpc) is 3.02. The van der Waals surface area contributed by atoms with Gasteiger partial charge in [0.2, 0.25) is 11.8 Å². The molecule has 4 rings (SSSR count). The number of sulfonamides is 1. The summed E-state index contributed by atoms with van der Waals surface area (Å²) < 4.78 is 35.8. The van der Waals surface area contributed by atoms with Gasteiger partial charge in [0.1, 0.15) is 18.3 Å². The molecule has 0 aliphatic heterocycles. The monoisotopic (exact) mass is 739 g/mol. The molecule has 4 aromatic rings. The highest BCUT2D eigenvalue weighted by Crippen LogP contribution is 2.28. The molecule has 1 atom stereocenters. The first-order valence-corrected chi connectivity index (χ1v) is 17.8. The zero-order chi connectivity index (χ0) is 34.2. The molecule has 0 aliphatic rings. The highest BCUT2D eigenvalue weighted by Gasteiger charge is 2.35. The second kappa shape index (κ2) is 15.8. The molecule has 0 saturated heterocycles. The first-order chi connectivity index (χ1) is 22.3. The number of anilines is 1. The number of carbonyl (C=O) groups excluding carboxylic acids is 2. The average molecular weight is 741 g/mol. The van der Waals surface area contributed by atoms with E-state index in [2.05, 4.69) is 21.2 Å². The van der Waals surface area contributed by atoms with Crippen molar-refractivity contribution in [3.05, 3.63) is 124 Å². The fourth-order valence-electron chi connectivity index (χ4n) is 4.98. The lowest BCUT2D eigenvalue weighted by molar-refractivity contribution is -0.140. The number of nitrogens with zero attached hydrogens (tertiary/aromatic N) is 2. The van der Waals surface area contributed by atoms with Crippen molar-refractivity contribution in [2.75, 3.05) is 17.5 Å². The normalized spacial score (nSPS) is 12.2. The number of benzene rings is 4. The summed E-state index contributed by atoms with van der Waals surface area (Å²) in [5.41, 5.74) is 1.30. The smallest absolute Gasteiger partial charge is 0.264 e. The van der Waals surface area contributed by atoms with E-state index in [1.807, 2.05) is 82.3 Å². The Morgan fingerprint density at radius 2 is 1.53 bits per heavy atom. The highest BCUT2D eigenvalue weighted by molar-refractivity contribution is 9.10. The number of hydrogen-bond donors (Lipinski definition) is 1. The minimum absolute atomic E-state index is 0.0339. The number of carbonyl (C=O) groups is 2. The van der Waals surface area contributed by atoms with Crippen LogP contribution in [0.5, 0.6) is 5.75 Å². The standard InChI is InChI=1S/C36H39BrClN3O5S/c1-5-46-31-18-16-30(17-19-31)41(47(44,45)32-20-14-29(38)15-21-32)25-34(42)40(24-27-12-9-13-28(37)22-27)33(35(43)39-36(2,3)4)23-26-10-7-6-8-11-26/h6-22,33H,5,23-25H2,1-4H3,(H,39,43)/t33-/m0/s1. The van der Waals surface area contributed by atoms with E-state index in [0.29, 0.717) is 17.4 Å². The Bertz CT molecular complexity index is 1760. The molecule has 1 N–H and O–H groups in total. The first-order valence-electron chi connectivity index (χ1n) is 15.2. The van der Waals surface area contributed by atoms with Crippen LogP contribution in [0, 0.1) is 0 Å². The van der Waals surface area contributed by atoms with Crippen molar-refractivity contribution in [2.24, 2.45) is 0 Å². The SMILES string of the molecule is CCOc1ccc(N(CC(=O)N(Cc2cccc(Br)c2)[C@@H](Cc2ccccc2)C(=O)NC(C)(C)C)S(=O)(=O)c2ccc(Cl)cc2)cc1. The van der Waals surface area contributed by atoms with Crippen molar-refractivity contribution in [3.63, 3.8) is 0 Å². The minimum atomic E-state index is -4.26. The molecule has 0 heterocycles. The van der Waals surface area contributed by atoms with Crippen molar-refractivity contribution < 1.29 is 22.7 Å². The van der Waals surface area contributed by atoms with Crippen LogP contribution >= 0.6 is 27.5 Å². The van der Waals surface area contributed by atoms with Gasteiger partial charge in [-0.1, -0.05) is 70.0 Å². The topological polar surface area (TPSA) is 96.0 Å². The number of hydrogen-bond acceptors (Lipinski definition) is 5. The summed E-state index contributed by atoms with van der Waals surface area (Å²) in [4.78, 5) is 30.0. The predicted octanol–water partition coefficient (Wildman–Crippen LogP) is 7.25. The molecule has 0 aromatic heterocycles. The summed E-state index contributed by atoms with van der Waals surface area (Å²) in [6.07, 6.45) is 0.218. The predicted molar refractivity (Wildman–Crippen MR) is 190 cm³/mol. The van der Waals surface area contributed by atoms with Gasteiger partial charge in [-0.15, -0.1) is 0 Å². The molecule has 0 unspecified atom stereocenters. The molecule has 4 aromatic carbocycles. The molecule has 0 fully saturated rings. The molecule has 8 nitrogen and oxygen atoms in total. The molecule has 0 spiro atoms. The molecule has 0 radical (unpaired) electrons. The van der Waals surface area contributed by atoms with Gasteiger partial charge in [0.05, 0.1) is 17.2 Å². The van der Waals surface area contributed by atoms with E-state index in [-0.39, 0.29) is 29.5 Å². The molecule has 0 saturated carbocycles. The van der Waals surface area contributed by atoms with E-state index < -0.39 is 34.1 Å². The van der Waals surface area contributed by atoms with Gasteiger partial charge in [-0.2, -0.15) is 0 Å². The molecule has 47 heavy (non-hydrogen) atoms. The van der Waals surface area contributed by atoms with Gasteiger partial charge < -0.3 is 15.0 Å². The van der Waals surface area contributed by atoms with Crippen LogP contribution in [0.25, 0.3) is 0 Å². The lowest BCUT2D eigenvalue weighted by Crippen LogP contribution is -2.56. The van der Waals surface area contributed by atoms with Gasteiger partial charge in [-0.05, 0) is 99.5 Å². The Morgan fingerprint density at radius 3 is 2.13 bits per heavy atom. The van der Waals surface area contributed by atoms with Crippen LogP contribution in [0.15, 0.2) is 112 Å². The van der Waals surface area contributed by atoms with E-state index in [0.717, 1.165) is 19.9 Å². The molecular formula is C36H39BrClN3O5S. The summed E-state index contributed by atoms with van der Waals surface area (Å²) in [5.74, 6) is -0.344. The summed E-state index contributed by atoms with van der Waals surface area (Å²) in [6.45, 7) is 7.40. The Hall–Kier alpha value is -3.86. The van der Waals surface area contributed by atoms with Crippen molar-refractivity contribution in [3.8, 4) is 5.75 Å². The maximum Gasteiger partial charge on any atom is 0.264 e. The van der Waals surface area contributed by atoms with Crippen LogP contribution < -0.4 is 14.4 Å². The summed E-state index contributed by atoms with van der Waals surface area (Å²) in [5, 5.41) is 3.41. The van der Waals surface area contributed by atoms with Crippen molar-refractivity contribution >= 4 is 55.1 Å². The largest absolute Gasteiger partial charge is 0.494 e. The van der Waals surface area contributed by atoms with Gasteiger partial charge in [-0.25, -0.2) is 8.42 Å². The summed E-state index contributed by atoms with van der Waals surface area (Å²) >= 11 is 9.58. The zero-order valence-corrected chi connectivity index (χ0v) is 30.0. The minimum Gasteiger partial charge on any atom is -0.494 e. The van der Waals surface area contributed by atoms with Crippen LogP contribution in [-0.4, -0.2) is 49.9 Å². The van der Waals surface area contributed by atoms with Gasteiger partial charge >= 0.3 is 0 Å². The quantitative estimate of drug-likeness (QED) is 0.156. The number of ether oxygens (including phenoxy) is 1. The van der Waals surface area contributed by atoms with Gasteiger partial charge in [0.15, 0.2) is 0 Å². The molecule has 0 aliphatic carbocycles. The summed E-state index contributed by atoms with van der Waals surface area (Å²) in [6, 6.07) is 28.2. The van der Waals surface area contributed by atoms with E-state index in [4.69, 9.17) is 16.3 Å². The maximum atomic E-state index is 14.6. The Balaban J connectivity index is 1.82. The molecule has 0 bridgehead atoms. The molecule has 11 heteroatoms. The zero-order valence-electron chi connectivity index (χ0n) is 26.8. The first kappa shape index (κ1) is 36.0. The Morgan fingerprint density at radius 1 is 0.894 bits per heavy atom. The third kappa shape index (κ3) is 10.1. The van der Waals surface area contributed by atoms with E-state index in [9.17, 15) is 18.0 Å². The Labute approximate surface area is 290 Å². The van der Waals surface area contributed by atoms with Crippen LogP contribution in [0.3, 0.4) is 0 Å². The fourth-order valence-corrected chi connectivity index (χ4v) is 6.96. The number of halogens is 2. The van der Waals surface area contributed by atoms with Crippen LogP contribution in [0.1, 0.15) is 38.8 Å². The molecule has 2 amide bonds. The summed E-state index contributed by atoms with van der Waals surface area (Å²) in [7, 11) is -4.26. The second-order valence-electron chi connectivity index (χ2n) is 12.0. The third-order valence-corrected chi connectivity index (χ3v) is 9.66. The maximum absolute atomic E-state index is 14.6. The highest BCUT2D eigenvalue weighted by atomic mass is 79.9. The lowest BCUT2D eigenvalue weighted by Gasteiger charge is -2.35. The van der Waals surface area contributed by atoms with Crippen molar-refractivity contribution in [2.45, 2.75) is 57.1 Å². The number of nitrogens with one attached hydrogen (secondary N) is 1. The van der Waals surface area contributed by atoms with Crippen molar-refractivity contribution in [1.29, 1.82) is 0 Å². The van der Waals surface area contributed by atoms with Crippen LogP contribution in [-0.2, 0) is 32.6 Å². The Kier molecular flexibility index (Phi) is 12.1. The van der Waals surface area contributed by atoms with Gasteiger partial charge in [0, 0.05) is 28.0 Å². The molecule has 248 valence electrons. The van der Waals surface area contributed by atoms with Crippen LogP contribution in [0.2, 0.25) is 5.02 Å². The van der Waals surface area contributed by atoms with Crippen LogP contribution in [0.4, 0.5) is 5.69 Å². The van der Waals surface area contributed by atoms with E-state index >= 15 is 0 Å². The number of amides is 2. The third-order valence-electron chi connectivity index (χ3n) is 7.13. The van der Waals surface area contributed by atoms with Crippen molar-refractivity contribution in [1.82, 2.24) is 10.2 Å². The second-order valence-corrected chi connectivity index (χ2v) is 15.2. The number of rotatable bonds is 13. The lowest BCUT2D eigenvalue weighted by atomic mass is 10.0. The van der Waals surface area contributed by atoms with E-state index in [1.54, 1.807) is 24.3 Å². The van der Waals surface area contributed by atoms with Gasteiger partial charge in [0.25, 0.3) is 10.0 Å². The molecular weight excluding hydrogens is 702 g/mol.